The van der Waals surface area contributed by atoms with E-state index in [-0.39, 0.29) is 19.1 Å². The van der Waals surface area contributed by atoms with Gasteiger partial charge in [0.05, 0.1) is 42.7 Å². The van der Waals surface area contributed by atoms with Gasteiger partial charge in [0.2, 0.25) is 6.29 Å². The van der Waals surface area contributed by atoms with E-state index in [0.717, 1.165) is 17.7 Å². The molecule has 0 fully saturated rings. The minimum absolute atomic E-state index is 0.218. The average Bonchev–Trinajstić information content (AvgIpc) is 3.30. The van der Waals surface area contributed by atoms with Crippen molar-refractivity contribution >= 4 is 17.7 Å². The molecule has 1 aliphatic carbocycles. The Kier molecular flexibility index (Phi) is 7.64. The molecule has 0 unspecified atom stereocenters. The lowest BCUT2D eigenvalue weighted by Gasteiger charge is -2.34. The number of methoxy groups -OCH3 is 1. The molecule has 1 amide bonds. The summed E-state index contributed by atoms with van der Waals surface area (Å²) in [6, 6.07) is 14.1. The first-order chi connectivity index (χ1) is 17.3. The van der Waals surface area contributed by atoms with E-state index in [1.807, 2.05) is 36.4 Å². The number of ether oxygens (including phenoxy) is 4. The van der Waals surface area contributed by atoms with Crippen molar-refractivity contribution in [1.29, 1.82) is 0 Å². The molecule has 2 aromatic carbocycles. The Bertz CT molecular complexity index is 1160. The second-order valence-electron chi connectivity index (χ2n) is 8.26. The molecule has 0 saturated heterocycles. The van der Waals surface area contributed by atoms with Crippen molar-refractivity contribution in [2.75, 3.05) is 19.0 Å². The van der Waals surface area contributed by atoms with Gasteiger partial charge in [-0.25, -0.2) is 9.59 Å². The Labute approximate surface area is 205 Å². The van der Waals surface area contributed by atoms with Crippen LogP contribution in [-0.2, 0) is 36.5 Å². The van der Waals surface area contributed by atoms with Crippen molar-refractivity contribution in [2.45, 2.75) is 25.5 Å². The standard InChI is InChI=1S/C26H24F3NO6/c1-33-23(31)19-15-35-24(34-13-16-7-3-2-4-8-16)22-17(11-12-18(19)22)14-36-25(32)30-21-10-6-5-9-20(21)26(27,28)29/h2-11,15,18,22,24H,12-14H2,1H3,(H,30,32)/t18-,22-,24-/m1/s1. The summed E-state index contributed by atoms with van der Waals surface area (Å²) in [7, 11) is 1.27. The predicted octanol–water partition coefficient (Wildman–Crippen LogP) is 5.45. The van der Waals surface area contributed by atoms with E-state index >= 15 is 0 Å². The maximum atomic E-state index is 13.2. The van der Waals surface area contributed by atoms with E-state index in [0.29, 0.717) is 17.6 Å². The molecule has 1 N–H and O–H groups in total. The molecule has 36 heavy (non-hydrogen) atoms. The lowest BCUT2D eigenvalue weighted by molar-refractivity contribution is -0.161. The Morgan fingerprint density at radius 3 is 2.50 bits per heavy atom. The van der Waals surface area contributed by atoms with E-state index in [9.17, 15) is 22.8 Å². The van der Waals surface area contributed by atoms with Gasteiger partial charge in [0.1, 0.15) is 6.61 Å². The molecule has 0 bridgehead atoms. The number of fused-ring (bicyclic) bond motifs is 1. The van der Waals surface area contributed by atoms with Crippen LogP contribution in [0.2, 0.25) is 0 Å². The third-order valence-electron chi connectivity index (χ3n) is 6.03. The van der Waals surface area contributed by atoms with Crippen LogP contribution in [0.4, 0.5) is 23.7 Å². The summed E-state index contributed by atoms with van der Waals surface area (Å²) in [5, 5.41) is 2.15. The van der Waals surface area contributed by atoms with Gasteiger partial charge < -0.3 is 18.9 Å². The largest absolute Gasteiger partial charge is 0.471 e. The molecule has 190 valence electrons. The number of esters is 1. The zero-order valence-electron chi connectivity index (χ0n) is 19.3. The Morgan fingerprint density at radius 1 is 1.06 bits per heavy atom. The zero-order valence-corrected chi connectivity index (χ0v) is 19.3. The van der Waals surface area contributed by atoms with Gasteiger partial charge in [-0.3, -0.25) is 5.32 Å². The van der Waals surface area contributed by atoms with E-state index < -0.39 is 41.7 Å². The fourth-order valence-corrected chi connectivity index (χ4v) is 4.32. The molecule has 7 nitrogen and oxygen atoms in total. The second kappa shape index (κ2) is 10.9. The first-order valence-corrected chi connectivity index (χ1v) is 11.2. The number of alkyl halides is 3. The van der Waals surface area contributed by atoms with Crippen molar-refractivity contribution in [3.63, 3.8) is 0 Å². The van der Waals surface area contributed by atoms with E-state index in [1.54, 1.807) is 0 Å². The summed E-state index contributed by atoms with van der Waals surface area (Å²) in [5.74, 6) is -1.31. The fourth-order valence-electron chi connectivity index (χ4n) is 4.32. The van der Waals surface area contributed by atoms with Crippen LogP contribution in [-0.4, -0.2) is 32.1 Å². The molecule has 10 heteroatoms. The number of allylic oxidation sites excluding steroid dienone is 1. The average molecular weight is 503 g/mol. The van der Waals surface area contributed by atoms with Crippen LogP contribution in [0.1, 0.15) is 17.5 Å². The van der Waals surface area contributed by atoms with Crippen LogP contribution in [0.25, 0.3) is 0 Å². The fraction of sp³-hybridized carbons (Fsp3) is 0.308. The Balaban J connectivity index is 1.44. The highest BCUT2D eigenvalue weighted by Crippen LogP contribution is 2.44. The molecule has 0 saturated carbocycles. The van der Waals surface area contributed by atoms with E-state index in [2.05, 4.69) is 5.32 Å². The van der Waals surface area contributed by atoms with Crippen molar-refractivity contribution in [2.24, 2.45) is 11.8 Å². The summed E-state index contributed by atoms with van der Waals surface area (Å²) >= 11 is 0. The van der Waals surface area contributed by atoms with Crippen molar-refractivity contribution < 1.29 is 41.7 Å². The number of benzene rings is 2. The molecule has 0 radical (unpaired) electrons. The van der Waals surface area contributed by atoms with Crippen molar-refractivity contribution in [1.82, 2.24) is 0 Å². The van der Waals surface area contributed by atoms with Gasteiger partial charge in [0.15, 0.2) is 0 Å². The lowest BCUT2D eigenvalue weighted by atomic mass is 9.83. The number of carbonyl (C=O) groups excluding carboxylic acids is 2. The van der Waals surface area contributed by atoms with Crippen molar-refractivity contribution in [3.8, 4) is 0 Å². The number of anilines is 1. The quantitative estimate of drug-likeness (QED) is 0.400. The summed E-state index contributed by atoms with van der Waals surface area (Å²) in [5.41, 5.74) is 0.492. The summed E-state index contributed by atoms with van der Waals surface area (Å²) < 4.78 is 61.5. The maximum Gasteiger partial charge on any atom is 0.418 e. The molecule has 2 aliphatic rings. The first kappa shape index (κ1) is 25.3. The van der Waals surface area contributed by atoms with Crippen LogP contribution in [0.5, 0.6) is 0 Å². The molecule has 4 rings (SSSR count). The SMILES string of the molecule is COC(=O)C1=CO[C@@H](OCc2ccccc2)[C@@H]2C(COC(=O)Nc3ccccc3C(F)(F)F)=CC[C@H]12. The van der Waals surface area contributed by atoms with Crippen LogP contribution in [0.15, 0.2) is 78.1 Å². The number of para-hydroxylation sites is 1. The highest BCUT2D eigenvalue weighted by molar-refractivity contribution is 5.89. The smallest absolute Gasteiger partial charge is 0.418 e. The van der Waals surface area contributed by atoms with Gasteiger partial charge in [0.25, 0.3) is 0 Å². The molecule has 0 spiro atoms. The van der Waals surface area contributed by atoms with Crippen molar-refractivity contribution in [3.05, 3.63) is 89.2 Å². The number of halogens is 3. The number of hydrogen-bond donors (Lipinski definition) is 1. The summed E-state index contributed by atoms with van der Waals surface area (Å²) in [6.45, 7) is 0.0309. The highest BCUT2D eigenvalue weighted by atomic mass is 19.4. The minimum atomic E-state index is -4.63. The monoisotopic (exact) mass is 503 g/mol. The van der Waals surface area contributed by atoms with Crippen LogP contribution in [0, 0.1) is 11.8 Å². The molecule has 3 atom stereocenters. The first-order valence-electron chi connectivity index (χ1n) is 11.2. The Hall–Kier alpha value is -3.79. The molecular weight excluding hydrogens is 479 g/mol. The maximum absolute atomic E-state index is 13.2. The van der Waals surface area contributed by atoms with Gasteiger partial charge in [-0.05, 0) is 29.7 Å². The van der Waals surface area contributed by atoms with Gasteiger partial charge in [-0.1, -0.05) is 48.5 Å². The molecule has 0 aromatic heterocycles. The van der Waals surface area contributed by atoms with Crippen LogP contribution >= 0.6 is 0 Å². The Morgan fingerprint density at radius 2 is 1.78 bits per heavy atom. The number of carbonyl (C=O) groups is 2. The molecule has 2 aromatic rings. The van der Waals surface area contributed by atoms with E-state index in [4.69, 9.17) is 18.9 Å². The van der Waals surface area contributed by atoms with Crippen LogP contribution in [0.3, 0.4) is 0 Å². The third-order valence-corrected chi connectivity index (χ3v) is 6.03. The number of hydrogen-bond acceptors (Lipinski definition) is 6. The zero-order chi connectivity index (χ0) is 25.7. The number of amides is 1. The van der Waals surface area contributed by atoms with Crippen LogP contribution < -0.4 is 5.32 Å². The molecule has 1 heterocycles. The topological polar surface area (TPSA) is 83.1 Å². The van der Waals surface area contributed by atoms with Gasteiger partial charge in [-0.2, -0.15) is 13.2 Å². The van der Waals surface area contributed by atoms with Gasteiger partial charge in [-0.15, -0.1) is 0 Å². The van der Waals surface area contributed by atoms with Gasteiger partial charge in [0, 0.05) is 5.92 Å². The number of rotatable bonds is 7. The summed E-state index contributed by atoms with van der Waals surface area (Å²) in [6.07, 6.45) is -2.84. The number of nitrogens with one attached hydrogen (secondary N) is 1. The lowest BCUT2D eigenvalue weighted by Crippen LogP contribution is -2.37. The molecular formula is C26H24F3NO6. The predicted molar refractivity (Wildman–Crippen MR) is 122 cm³/mol. The highest BCUT2D eigenvalue weighted by Gasteiger charge is 2.45. The molecule has 1 aliphatic heterocycles. The second-order valence-corrected chi connectivity index (χ2v) is 8.26. The third kappa shape index (κ3) is 5.71. The normalized spacial score (nSPS) is 20.9. The van der Waals surface area contributed by atoms with Gasteiger partial charge >= 0.3 is 18.2 Å². The summed E-state index contributed by atoms with van der Waals surface area (Å²) in [4.78, 5) is 24.6. The minimum Gasteiger partial charge on any atom is -0.471 e. The van der Waals surface area contributed by atoms with E-state index in [1.165, 1.54) is 25.5 Å².